The third-order valence-corrected chi connectivity index (χ3v) is 4.40. The van der Waals surface area contributed by atoms with Gasteiger partial charge in [-0.2, -0.15) is 9.78 Å². The summed E-state index contributed by atoms with van der Waals surface area (Å²) in [5.74, 6) is -0.291. The van der Waals surface area contributed by atoms with Crippen molar-refractivity contribution in [3.8, 4) is 11.6 Å². The molecule has 0 atom stereocenters. The van der Waals surface area contributed by atoms with Crippen LogP contribution in [0.3, 0.4) is 0 Å². The Labute approximate surface area is 170 Å². The van der Waals surface area contributed by atoms with Gasteiger partial charge in [0.2, 0.25) is 11.6 Å². The van der Waals surface area contributed by atoms with Gasteiger partial charge in [0.05, 0.1) is 25.1 Å². The number of nitrogens with two attached hydrogens (primary N) is 1. The summed E-state index contributed by atoms with van der Waals surface area (Å²) in [5.41, 5.74) is 9.35. The van der Waals surface area contributed by atoms with E-state index >= 15 is 0 Å². The summed E-state index contributed by atoms with van der Waals surface area (Å²) in [5, 5.41) is 28.7. The van der Waals surface area contributed by atoms with E-state index in [0.717, 1.165) is 0 Å². The van der Waals surface area contributed by atoms with Crippen molar-refractivity contribution in [2.75, 3.05) is 32.0 Å². The Bertz CT molecular complexity index is 1060. The number of carbonyl (C=O) groups is 1. The van der Waals surface area contributed by atoms with Crippen LogP contribution in [0.1, 0.15) is 21.7 Å². The standard InChI is InChI=1S/C17H19N9O4/c18-15-16(23-30-22-15)26-13(10-25-4-6-29-7-5-25)14(20-24-26)17(28)21-19-9-11-2-1-3-12(27)8-11/h1-3,8-9,27H,4-7,10H2,(H2,18,22)(H,21,28)/b19-9-. The van der Waals surface area contributed by atoms with Gasteiger partial charge in [-0.3, -0.25) is 9.69 Å². The quantitative estimate of drug-likeness (QED) is 0.355. The maximum absolute atomic E-state index is 12.7. The normalized spacial score (nSPS) is 14.9. The molecule has 0 aliphatic carbocycles. The number of carbonyl (C=O) groups excluding carboxylic acids is 1. The summed E-state index contributed by atoms with van der Waals surface area (Å²) in [6.07, 6.45) is 1.41. The number of aromatic nitrogens is 5. The summed E-state index contributed by atoms with van der Waals surface area (Å²) < 4.78 is 11.3. The van der Waals surface area contributed by atoms with Crippen LogP contribution in [0.4, 0.5) is 5.82 Å². The Balaban J connectivity index is 1.57. The third-order valence-electron chi connectivity index (χ3n) is 4.40. The van der Waals surface area contributed by atoms with Crippen molar-refractivity contribution >= 4 is 17.9 Å². The number of hydrogen-bond donors (Lipinski definition) is 3. The lowest BCUT2D eigenvalue weighted by Crippen LogP contribution is -2.37. The van der Waals surface area contributed by atoms with Gasteiger partial charge >= 0.3 is 0 Å². The van der Waals surface area contributed by atoms with Crippen LogP contribution in [0.15, 0.2) is 34.0 Å². The van der Waals surface area contributed by atoms with Gasteiger partial charge in [-0.1, -0.05) is 17.3 Å². The molecule has 0 bridgehead atoms. The molecule has 4 N–H and O–H groups in total. The van der Waals surface area contributed by atoms with E-state index < -0.39 is 5.91 Å². The lowest BCUT2D eigenvalue weighted by atomic mass is 10.2. The van der Waals surface area contributed by atoms with Crippen LogP contribution in [0.2, 0.25) is 0 Å². The van der Waals surface area contributed by atoms with Crippen LogP contribution >= 0.6 is 0 Å². The minimum absolute atomic E-state index is 0.0250. The molecule has 1 aliphatic rings. The molecule has 0 saturated carbocycles. The van der Waals surface area contributed by atoms with Gasteiger partial charge in [-0.15, -0.1) is 5.10 Å². The van der Waals surface area contributed by atoms with Crippen LogP contribution in [-0.4, -0.2) is 73.7 Å². The molecular weight excluding hydrogens is 394 g/mol. The molecule has 1 fully saturated rings. The zero-order valence-corrected chi connectivity index (χ0v) is 15.8. The van der Waals surface area contributed by atoms with Crippen molar-refractivity contribution in [3.05, 3.63) is 41.2 Å². The number of phenolic OH excluding ortho intramolecular Hbond substituents is 1. The molecular formula is C17H19N9O4. The van der Waals surface area contributed by atoms with E-state index in [-0.39, 0.29) is 23.1 Å². The molecule has 2 aromatic heterocycles. The van der Waals surface area contributed by atoms with Crippen LogP contribution in [0.25, 0.3) is 5.82 Å². The second-order valence-corrected chi connectivity index (χ2v) is 6.45. The first kappa shape index (κ1) is 19.5. The topological polar surface area (TPSA) is 170 Å². The maximum Gasteiger partial charge on any atom is 0.293 e. The summed E-state index contributed by atoms with van der Waals surface area (Å²) >= 11 is 0. The van der Waals surface area contributed by atoms with E-state index in [1.807, 2.05) is 0 Å². The Morgan fingerprint density at radius 1 is 1.33 bits per heavy atom. The number of morpholine rings is 1. The van der Waals surface area contributed by atoms with Gasteiger partial charge in [-0.25, -0.2) is 10.1 Å². The molecule has 156 valence electrons. The highest BCUT2D eigenvalue weighted by molar-refractivity contribution is 5.94. The monoisotopic (exact) mass is 413 g/mol. The first-order valence-electron chi connectivity index (χ1n) is 9.07. The molecule has 4 rings (SSSR count). The fraction of sp³-hybridized carbons (Fsp3) is 0.294. The van der Waals surface area contributed by atoms with Gasteiger partial charge in [0, 0.05) is 19.6 Å². The molecule has 0 unspecified atom stereocenters. The largest absolute Gasteiger partial charge is 0.508 e. The zero-order valence-electron chi connectivity index (χ0n) is 15.8. The number of rotatable bonds is 6. The van der Waals surface area contributed by atoms with Crippen molar-refractivity contribution in [3.63, 3.8) is 0 Å². The van der Waals surface area contributed by atoms with Gasteiger partial charge in [-0.05, 0) is 28.0 Å². The molecule has 3 heterocycles. The Morgan fingerprint density at radius 3 is 2.90 bits per heavy atom. The van der Waals surface area contributed by atoms with E-state index in [2.05, 4.69) is 40.7 Å². The first-order valence-corrected chi connectivity index (χ1v) is 9.07. The van der Waals surface area contributed by atoms with E-state index in [0.29, 0.717) is 44.1 Å². The van der Waals surface area contributed by atoms with Crippen LogP contribution in [0.5, 0.6) is 5.75 Å². The Hall–Kier alpha value is -3.84. The van der Waals surface area contributed by atoms with Gasteiger partial charge in [0.25, 0.3) is 5.91 Å². The number of anilines is 1. The first-order chi connectivity index (χ1) is 14.6. The minimum atomic E-state index is -0.559. The predicted octanol–water partition coefficient (Wildman–Crippen LogP) is -0.466. The number of hydrogen-bond acceptors (Lipinski definition) is 11. The number of hydrazone groups is 1. The highest BCUT2D eigenvalue weighted by Crippen LogP contribution is 2.18. The molecule has 13 heteroatoms. The summed E-state index contributed by atoms with van der Waals surface area (Å²) in [7, 11) is 0. The average Bonchev–Trinajstić information content (AvgIpc) is 3.34. The SMILES string of the molecule is Nc1nonc1-n1nnc(C(=O)N/N=C\c2cccc(O)c2)c1CN1CCOCC1. The van der Waals surface area contributed by atoms with Crippen molar-refractivity contribution in [1.82, 2.24) is 35.6 Å². The average molecular weight is 413 g/mol. The van der Waals surface area contributed by atoms with Gasteiger partial charge < -0.3 is 15.6 Å². The van der Waals surface area contributed by atoms with Crippen molar-refractivity contribution < 1.29 is 19.3 Å². The number of benzene rings is 1. The number of aromatic hydroxyl groups is 1. The molecule has 3 aromatic rings. The number of nitrogen functional groups attached to an aromatic ring is 1. The number of nitrogens with zero attached hydrogens (tertiary/aromatic N) is 7. The lowest BCUT2D eigenvalue weighted by molar-refractivity contribution is 0.0332. The van der Waals surface area contributed by atoms with Crippen LogP contribution in [-0.2, 0) is 11.3 Å². The summed E-state index contributed by atoms with van der Waals surface area (Å²) in [4.78, 5) is 14.8. The number of phenols is 1. The van der Waals surface area contributed by atoms with E-state index in [1.54, 1.807) is 12.1 Å². The predicted molar refractivity (Wildman–Crippen MR) is 103 cm³/mol. The van der Waals surface area contributed by atoms with Crippen LogP contribution < -0.4 is 11.2 Å². The zero-order chi connectivity index (χ0) is 20.9. The number of nitrogens with one attached hydrogen (secondary N) is 1. The third kappa shape index (κ3) is 4.26. The molecule has 1 aliphatic heterocycles. The fourth-order valence-corrected chi connectivity index (χ4v) is 2.92. The van der Waals surface area contributed by atoms with Crippen molar-refractivity contribution in [2.24, 2.45) is 5.10 Å². The Morgan fingerprint density at radius 2 is 2.17 bits per heavy atom. The van der Waals surface area contributed by atoms with Crippen molar-refractivity contribution in [2.45, 2.75) is 6.54 Å². The molecule has 0 radical (unpaired) electrons. The number of amides is 1. The molecule has 30 heavy (non-hydrogen) atoms. The highest BCUT2D eigenvalue weighted by atomic mass is 16.6. The number of ether oxygens (including phenoxy) is 1. The molecule has 1 amide bonds. The van der Waals surface area contributed by atoms with E-state index in [4.69, 9.17) is 10.5 Å². The van der Waals surface area contributed by atoms with Crippen LogP contribution in [0, 0.1) is 0 Å². The van der Waals surface area contributed by atoms with E-state index in [9.17, 15) is 9.90 Å². The summed E-state index contributed by atoms with van der Waals surface area (Å²) in [6, 6.07) is 6.45. The molecule has 13 nitrogen and oxygen atoms in total. The maximum atomic E-state index is 12.7. The van der Waals surface area contributed by atoms with Crippen molar-refractivity contribution in [1.29, 1.82) is 0 Å². The smallest absolute Gasteiger partial charge is 0.293 e. The van der Waals surface area contributed by atoms with E-state index in [1.165, 1.54) is 23.0 Å². The van der Waals surface area contributed by atoms with Gasteiger partial charge in [0.1, 0.15) is 5.75 Å². The fourth-order valence-electron chi connectivity index (χ4n) is 2.92. The molecule has 1 saturated heterocycles. The summed E-state index contributed by atoms with van der Waals surface area (Å²) in [6.45, 7) is 2.92. The second-order valence-electron chi connectivity index (χ2n) is 6.45. The lowest BCUT2D eigenvalue weighted by Gasteiger charge is -2.26. The van der Waals surface area contributed by atoms with Gasteiger partial charge in [0.15, 0.2) is 5.69 Å². The Kier molecular flexibility index (Phi) is 5.63. The minimum Gasteiger partial charge on any atom is -0.508 e. The molecule has 1 aromatic carbocycles. The second kappa shape index (κ2) is 8.67. The molecule has 0 spiro atoms. The highest BCUT2D eigenvalue weighted by Gasteiger charge is 2.26.